The number of nitrogens with two attached hydrogens (primary N) is 1. The SMILES string of the molecule is CC(C)C[C@H](C(N)=O)N(C)C=O. The lowest BCUT2D eigenvalue weighted by molar-refractivity contribution is -0.130. The third-order valence-electron chi connectivity index (χ3n) is 1.68. The minimum Gasteiger partial charge on any atom is -0.368 e. The molecule has 0 unspecified atom stereocenters. The first-order chi connectivity index (χ1) is 5.49. The van der Waals surface area contributed by atoms with E-state index < -0.39 is 11.9 Å². The molecule has 1 atom stereocenters. The van der Waals surface area contributed by atoms with Gasteiger partial charge in [-0.15, -0.1) is 0 Å². The van der Waals surface area contributed by atoms with Gasteiger partial charge >= 0.3 is 0 Å². The van der Waals surface area contributed by atoms with Crippen molar-refractivity contribution in [1.82, 2.24) is 4.90 Å². The number of carbonyl (C=O) groups is 2. The third-order valence-corrected chi connectivity index (χ3v) is 1.68. The van der Waals surface area contributed by atoms with E-state index in [9.17, 15) is 9.59 Å². The Hall–Kier alpha value is -1.06. The number of hydrogen-bond donors (Lipinski definition) is 1. The Morgan fingerprint density at radius 2 is 2.08 bits per heavy atom. The zero-order chi connectivity index (χ0) is 9.72. The summed E-state index contributed by atoms with van der Waals surface area (Å²) in [6, 6.07) is -0.470. The van der Waals surface area contributed by atoms with Crippen molar-refractivity contribution in [3.63, 3.8) is 0 Å². The topological polar surface area (TPSA) is 63.4 Å². The predicted octanol–water partition coefficient (Wildman–Crippen LogP) is -0.0254. The van der Waals surface area contributed by atoms with Crippen LogP contribution < -0.4 is 5.73 Å². The van der Waals surface area contributed by atoms with Crippen LogP contribution in [-0.2, 0) is 9.59 Å². The maximum atomic E-state index is 10.9. The van der Waals surface area contributed by atoms with Crippen molar-refractivity contribution in [2.45, 2.75) is 26.3 Å². The van der Waals surface area contributed by atoms with Gasteiger partial charge < -0.3 is 10.6 Å². The van der Waals surface area contributed by atoms with Crippen molar-refractivity contribution >= 4 is 12.3 Å². The van der Waals surface area contributed by atoms with Crippen LogP contribution in [0.3, 0.4) is 0 Å². The van der Waals surface area contributed by atoms with Crippen LogP contribution in [0.15, 0.2) is 0 Å². The Kier molecular flexibility index (Phi) is 4.33. The fourth-order valence-corrected chi connectivity index (χ4v) is 1.00. The molecule has 4 nitrogen and oxygen atoms in total. The van der Waals surface area contributed by atoms with Gasteiger partial charge in [-0.1, -0.05) is 13.8 Å². The predicted molar refractivity (Wildman–Crippen MR) is 46.3 cm³/mol. The summed E-state index contributed by atoms with van der Waals surface area (Å²) in [6.45, 7) is 3.96. The van der Waals surface area contributed by atoms with E-state index in [1.165, 1.54) is 4.90 Å². The first-order valence-corrected chi connectivity index (χ1v) is 3.95. The highest BCUT2D eigenvalue weighted by molar-refractivity contribution is 5.81. The van der Waals surface area contributed by atoms with Crippen LogP contribution in [0, 0.1) is 5.92 Å². The minimum atomic E-state index is -0.470. The average molecular weight is 172 g/mol. The van der Waals surface area contributed by atoms with Gasteiger partial charge in [-0.05, 0) is 12.3 Å². The molecule has 0 saturated heterocycles. The van der Waals surface area contributed by atoms with Gasteiger partial charge in [0.15, 0.2) is 0 Å². The molecule has 0 fully saturated rings. The summed E-state index contributed by atoms with van der Waals surface area (Å²) in [6.07, 6.45) is 1.24. The van der Waals surface area contributed by atoms with Gasteiger partial charge in [-0.2, -0.15) is 0 Å². The molecular formula is C8H16N2O2. The number of likely N-dealkylation sites (N-methyl/N-ethyl adjacent to an activating group) is 1. The fourth-order valence-electron chi connectivity index (χ4n) is 1.00. The van der Waals surface area contributed by atoms with Crippen molar-refractivity contribution in [3.8, 4) is 0 Å². The van der Waals surface area contributed by atoms with Gasteiger partial charge in [0.2, 0.25) is 12.3 Å². The van der Waals surface area contributed by atoms with Crippen LogP contribution in [0.5, 0.6) is 0 Å². The Labute approximate surface area is 72.7 Å². The molecule has 12 heavy (non-hydrogen) atoms. The van der Waals surface area contributed by atoms with Gasteiger partial charge in [-0.25, -0.2) is 0 Å². The second-order valence-corrected chi connectivity index (χ2v) is 3.32. The maximum Gasteiger partial charge on any atom is 0.240 e. The molecule has 0 aliphatic carbocycles. The normalized spacial score (nSPS) is 12.7. The van der Waals surface area contributed by atoms with Gasteiger partial charge in [0, 0.05) is 7.05 Å². The van der Waals surface area contributed by atoms with Crippen molar-refractivity contribution in [2.24, 2.45) is 11.7 Å². The number of hydrogen-bond acceptors (Lipinski definition) is 2. The Bertz CT molecular complexity index is 168. The van der Waals surface area contributed by atoms with E-state index in [4.69, 9.17) is 5.73 Å². The molecular weight excluding hydrogens is 156 g/mol. The number of carbonyl (C=O) groups excluding carboxylic acids is 2. The van der Waals surface area contributed by atoms with E-state index in [-0.39, 0.29) is 0 Å². The van der Waals surface area contributed by atoms with Crippen molar-refractivity contribution in [2.75, 3.05) is 7.05 Å². The Morgan fingerprint density at radius 3 is 2.33 bits per heavy atom. The molecule has 0 rings (SSSR count). The smallest absolute Gasteiger partial charge is 0.240 e. The van der Waals surface area contributed by atoms with Crippen LogP contribution >= 0.6 is 0 Å². The van der Waals surface area contributed by atoms with Crippen LogP contribution in [-0.4, -0.2) is 30.3 Å². The highest BCUT2D eigenvalue weighted by atomic mass is 16.2. The minimum absolute atomic E-state index is 0.352. The van der Waals surface area contributed by atoms with Crippen molar-refractivity contribution in [3.05, 3.63) is 0 Å². The molecule has 0 spiro atoms. The number of nitrogens with zero attached hydrogens (tertiary/aromatic N) is 1. The van der Waals surface area contributed by atoms with E-state index in [0.29, 0.717) is 18.7 Å². The molecule has 0 radical (unpaired) electrons. The molecule has 0 heterocycles. The summed E-state index contributed by atoms with van der Waals surface area (Å²) in [5.74, 6) is -0.0943. The molecule has 0 aromatic heterocycles. The lowest BCUT2D eigenvalue weighted by Gasteiger charge is -2.22. The average Bonchev–Trinajstić information content (AvgIpc) is 1.98. The summed E-state index contributed by atoms with van der Waals surface area (Å²) in [5.41, 5.74) is 5.12. The van der Waals surface area contributed by atoms with E-state index >= 15 is 0 Å². The number of amides is 2. The summed E-state index contributed by atoms with van der Waals surface area (Å²) in [7, 11) is 1.56. The molecule has 2 N–H and O–H groups in total. The monoisotopic (exact) mass is 172 g/mol. The standard InChI is InChI=1S/C8H16N2O2/c1-6(2)4-7(8(9)12)10(3)5-11/h5-7H,4H2,1-3H3,(H2,9,12)/t7-/m1/s1. The highest BCUT2D eigenvalue weighted by Gasteiger charge is 2.20. The summed E-state index contributed by atoms with van der Waals surface area (Å²) < 4.78 is 0. The second-order valence-electron chi connectivity index (χ2n) is 3.32. The van der Waals surface area contributed by atoms with E-state index in [2.05, 4.69) is 0 Å². The summed E-state index contributed by atoms with van der Waals surface area (Å²) in [4.78, 5) is 22.5. The lowest BCUT2D eigenvalue weighted by Crippen LogP contribution is -2.42. The van der Waals surface area contributed by atoms with Crippen LogP contribution in [0.4, 0.5) is 0 Å². The van der Waals surface area contributed by atoms with Gasteiger partial charge in [-0.3, -0.25) is 9.59 Å². The first kappa shape index (κ1) is 10.9. The van der Waals surface area contributed by atoms with Gasteiger partial charge in [0.25, 0.3) is 0 Å². The Balaban J connectivity index is 4.22. The van der Waals surface area contributed by atoms with Crippen LogP contribution in [0.1, 0.15) is 20.3 Å². The molecule has 0 bridgehead atoms. The van der Waals surface area contributed by atoms with Crippen LogP contribution in [0.25, 0.3) is 0 Å². The first-order valence-electron chi connectivity index (χ1n) is 3.95. The second kappa shape index (κ2) is 4.74. The largest absolute Gasteiger partial charge is 0.368 e. The molecule has 70 valence electrons. The summed E-state index contributed by atoms with van der Waals surface area (Å²) in [5, 5.41) is 0. The van der Waals surface area contributed by atoms with Crippen molar-refractivity contribution < 1.29 is 9.59 Å². The quantitative estimate of drug-likeness (QED) is 0.592. The fraction of sp³-hybridized carbons (Fsp3) is 0.750. The molecule has 0 aliphatic heterocycles. The lowest BCUT2D eigenvalue weighted by atomic mass is 10.0. The van der Waals surface area contributed by atoms with E-state index in [1.807, 2.05) is 13.8 Å². The molecule has 0 aliphatic rings. The molecule has 0 aromatic carbocycles. The molecule has 4 heteroatoms. The zero-order valence-corrected chi connectivity index (χ0v) is 7.78. The van der Waals surface area contributed by atoms with Gasteiger partial charge in [0.1, 0.15) is 6.04 Å². The van der Waals surface area contributed by atoms with Gasteiger partial charge in [0.05, 0.1) is 0 Å². The summed E-state index contributed by atoms with van der Waals surface area (Å²) >= 11 is 0. The maximum absolute atomic E-state index is 10.9. The van der Waals surface area contributed by atoms with Crippen LogP contribution in [0.2, 0.25) is 0 Å². The third kappa shape index (κ3) is 3.37. The highest BCUT2D eigenvalue weighted by Crippen LogP contribution is 2.08. The molecule has 0 aromatic rings. The van der Waals surface area contributed by atoms with E-state index in [1.54, 1.807) is 7.05 Å². The van der Waals surface area contributed by atoms with E-state index in [0.717, 1.165) is 0 Å². The number of primary amides is 1. The zero-order valence-electron chi connectivity index (χ0n) is 7.78. The number of rotatable bonds is 5. The Morgan fingerprint density at radius 1 is 1.58 bits per heavy atom. The molecule has 0 saturated carbocycles. The van der Waals surface area contributed by atoms with Crippen molar-refractivity contribution in [1.29, 1.82) is 0 Å². The molecule has 2 amide bonds.